The number of methoxy groups -OCH3 is 1. The highest BCUT2D eigenvalue weighted by Gasteiger charge is 2.40. The van der Waals surface area contributed by atoms with Crippen molar-refractivity contribution in [3.63, 3.8) is 0 Å². The Morgan fingerprint density at radius 1 is 1.24 bits per heavy atom. The van der Waals surface area contributed by atoms with E-state index in [9.17, 15) is 0 Å². The van der Waals surface area contributed by atoms with Crippen molar-refractivity contribution < 1.29 is 9.47 Å². The summed E-state index contributed by atoms with van der Waals surface area (Å²) in [5.74, 6) is 0.963. The first-order chi connectivity index (χ1) is 8.28. The van der Waals surface area contributed by atoms with Crippen LogP contribution >= 0.6 is 0 Å². The topological polar surface area (TPSA) is 44.5 Å². The number of fused-ring (bicyclic) bond motifs is 1. The van der Waals surface area contributed by atoms with Crippen molar-refractivity contribution >= 4 is 0 Å². The molecular formula is C14H19NO2. The molecule has 2 aliphatic rings. The van der Waals surface area contributed by atoms with Crippen LogP contribution in [0.1, 0.15) is 24.0 Å². The molecule has 0 aliphatic heterocycles. The number of rotatable bonds is 3. The van der Waals surface area contributed by atoms with E-state index in [4.69, 9.17) is 15.2 Å². The molecule has 1 fully saturated rings. The predicted octanol–water partition coefficient (Wildman–Crippen LogP) is 1.67. The lowest BCUT2D eigenvalue weighted by atomic mass is 9.86. The third-order valence-electron chi connectivity index (χ3n) is 3.92. The molecule has 3 unspecified atom stereocenters. The van der Waals surface area contributed by atoms with Crippen LogP contribution in [-0.2, 0) is 17.6 Å². The van der Waals surface area contributed by atoms with E-state index in [-0.39, 0.29) is 18.2 Å². The van der Waals surface area contributed by atoms with Gasteiger partial charge in [0.15, 0.2) is 0 Å². The van der Waals surface area contributed by atoms with Gasteiger partial charge in [-0.15, -0.1) is 0 Å². The first-order valence-corrected chi connectivity index (χ1v) is 6.35. The van der Waals surface area contributed by atoms with Crippen LogP contribution in [0.3, 0.4) is 0 Å². The zero-order valence-corrected chi connectivity index (χ0v) is 10.2. The van der Waals surface area contributed by atoms with Gasteiger partial charge < -0.3 is 15.2 Å². The van der Waals surface area contributed by atoms with E-state index in [2.05, 4.69) is 18.2 Å². The molecule has 1 saturated carbocycles. The number of hydrogen-bond acceptors (Lipinski definition) is 3. The maximum absolute atomic E-state index is 5.94. The molecule has 0 radical (unpaired) electrons. The molecule has 1 aromatic rings. The minimum atomic E-state index is 0.0447. The number of benzene rings is 1. The van der Waals surface area contributed by atoms with Gasteiger partial charge in [0.25, 0.3) is 0 Å². The minimum Gasteiger partial charge on any atom is -0.488 e. The summed E-state index contributed by atoms with van der Waals surface area (Å²) < 4.78 is 11.3. The fraction of sp³-hybridized carbons (Fsp3) is 0.571. The summed E-state index contributed by atoms with van der Waals surface area (Å²) in [6.45, 7) is 0. The van der Waals surface area contributed by atoms with E-state index in [1.807, 2.05) is 0 Å². The first-order valence-electron chi connectivity index (χ1n) is 6.35. The Kier molecular flexibility index (Phi) is 2.81. The van der Waals surface area contributed by atoms with Crippen LogP contribution in [0.15, 0.2) is 18.2 Å². The van der Waals surface area contributed by atoms with Gasteiger partial charge in [-0.05, 0) is 42.5 Å². The molecular weight excluding hydrogens is 214 g/mol. The van der Waals surface area contributed by atoms with E-state index in [0.29, 0.717) is 0 Å². The molecule has 2 N–H and O–H groups in total. The van der Waals surface area contributed by atoms with Crippen LogP contribution in [0.5, 0.6) is 5.75 Å². The highest BCUT2D eigenvalue weighted by Crippen LogP contribution is 2.30. The van der Waals surface area contributed by atoms with Gasteiger partial charge in [-0.25, -0.2) is 0 Å². The number of aryl methyl sites for hydroxylation is 2. The quantitative estimate of drug-likeness (QED) is 0.863. The van der Waals surface area contributed by atoms with Crippen LogP contribution < -0.4 is 10.5 Å². The fourth-order valence-corrected chi connectivity index (χ4v) is 2.85. The van der Waals surface area contributed by atoms with Gasteiger partial charge in [-0.3, -0.25) is 0 Å². The van der Waals surface area contributed by atoms with Gasteiger partial charge in [0.1, 0.15) is 18.0 Å². The zero-order valence-electron chi connectivity index (χ0n) is 10.2. The predicted molar refractivity (Wildman–Crippen MR) is 66.3 cm³/mol. The lowest BCUT2D eigenvalue weighted by molar-refractivity contribution is -0.0782. The highest BCUT2D eigenvalue weighted by molar-refractivity contribution is 5.38. The Morgan fingerprint density at radius 2 is 2.06 bits per heavy atom. The van der Waals surface area contributed by atoms with E-state index >= 15 is 0 Å². The SMILES string of the molecule is COC1C(N)CC1Oc1ccc2c(c1)CCC2. The molecule has 92 valence electrons. The monoisotopic (exact) mass is 233 g/mol. The Bertz CT molecular complexity index is 419. The molecule has 3 nitrogen and oxygen atoms in total. The summed E-state index contributed by atoms with van der Waals surface area (Å²) in [5.41, 5.74) is 8.78. The van der Waals surface area contributed by atoms with Crippen molar-refractivity contribution in [3.05, 3.63) is 29.3 Å². The second-order valence-electron chi connectivity index (χ2n) is 5.04. The standard InChI is InChI=1S/C14H19NO2/c1-16-14-12(15)8-13(14)17-11-6-5-9-3-2-4-10(9)7-11/h5-7,12-14H,2-4,8,15H2,1H3. The van der Waals surface area contributed by atoms with Crippen LogP contribution in [0.25, 0.3) is 0 Å². The average molecular weight is 233 g/mol. The Balaban J connectivity index is 1.69. The third-order valence-corrected chi connectivity index (χ3v) is 3.92. The molecule has 0 bridgehead atoms. The highest BCUT2D eigenvalue weighted by atomic mass is 16.5. The number of nitrogens with two attached hydrogens (primary N) is 1. The van der Waals surface area contributed by atoms with E-state index in [1.54, 1.807) is 7.11 Å². The van der Waals surface area contributed by atoms with Gasteiger partial charge in [-0.1, -0.05) is 6.07 Å². The van der Waals surface area contributed by atoms with Crippen molar-refractivity contribution in [2.24, 2.45) is 5.73 Å². The van der Waals surface area contributed by atoms with E-state index < -0.39 is 0 Å². The molecule has 3 rings (SSSR count). The van der Waals surface area contributed by atoms with Gasteiger partial charge in [-0.2, -0.15) is 0 Å². The van der Waals surface area contributed by atoms with Crippen molar-refractivity contribution in [1.82, 2.24) is 0 Å². The second-order valence-corrected chi connectivity index (χ2v) is 5.04. The first kappa shape index (κ1) is 11.1. The van der Waals surface area contributed by atoms with Gasteiger partial charge in [0, 0.05) is 19.6 Å². The molecule has 0 spiro atoms. The molecule has 0 amide bonds. The third kappa shape index (κ3) is 1.94. The maximum Gasteiger partial charge on any atom is 0.128 e. The molecule has 3 heteroatoms. The summed E-state index contributed by atoms with van der Waals surface area (Å²) >= 11 is 0. The van der Waals surface area contributed by atoms with Crippen LogP contribution in [0, 0.1) is 0 Å². The average Bonchev–Trinajstić information content (AvgIpc) is 2.76. The molecule has 0 saturated heterocycles. The summed E-state index contributed by atoms with van der Waals surface area (Å²) in [7, 11) is 1.70. The molecule has 1 aromatic carbocycles. The lowest BCUT2D eigenvalue weighted by Crippen LogP contribution is -2.59. The second kappa shape index (κ2) is 4.31. The molecule has 3 atom stereocenters. The zero-order chi connectivity index (χ0) is 11.8. The largest absolute Gasteiger partial charge is 0.488 e. The summed E-state index contributed by atoms with van der Waals surface area (Å²) in [6.07, 6.45) is 4.72. The van der Waals surface area contributed by atoms with Gasteiger partial charge in [0.05, 0.1) is 0 Å². The van der Waals surface area contributed by atoms with Crippen molar-refractivity contribution in [2.75, 3.05) is 7.11 Å². The Labute approximate surface area is 102 Å². The smallest absolute Gasteiger partial charge is 0.128 e. The van der Waals surface area contributed by atoms with E-state index in [0.717, 1.165) is 12.2 Å². The molecule has 2 aliphatic carbocycles. The van der Waals surface area contributed by atoms with Crippen LogP contribution in [-0.4, -0.2) is 25.4 Å². The Morgan fingerprint density at radius 3 is 2.82 bits per heavy atom. The fourth-order valence-electron chi connectivity index (χ4n) is 2.85. The van der Waals surface area contributed by atoms with Gasteiger partial charge in [0.2, 0.25) is 0 Å². The van der Waals surface area contributed by atoms with Crippen molar-refractivity contribution in [3.8, 4) is 5.75 Å². The minimum absolute atomic E-state index is 0.0447. The van der Waals surface area contributed by atoms with Crippen molar-refractivity contribution in [2.45, 2.75) is 43.9 Å². The summed E-state index contributed by atoms with van der Waals surface area (Å²) in [4.78, 5) is 0. The summed E-state index contributed by atoms with van der Waals surface area (Å²) in [5, 5.41) is 0. The number of hydrogen-bond donors (Lipinski definition) is 1. The Hall–Kier alpha value is -1.06. The lowest BCUT2D eigenvalue weighted by Gasteiger charge is -2.41. The van der Waals surface area contributed by atoms with Gasteiger partial charge >= 0.3 is 0 Å². The molecule has 17 heavy (non-hydrogen) atoms. The normalized spacial score (nSPS) is 30.8. The van der Waals surface area contributed by atoms with Crippen LogP contribution in [0.4, 0.5) is 0 Å². The molecule has 0 heterocycles. The van der Waals surface area contributed by atoms with Crippen molar-refractivity contribution in [1.29, 1.82) is 0 Å². The summed E-state index contributed by atoms with van der Waals surface area (Å²) in [6, 6.07) is 6.57. The van der Waals surface area contributed by atoms with E-state index in [1.165, 1.54) is 30.4 Å². The van der Waals surface area contributed by atoms with Crippen LogP contribution in [0.2, 0.25) is 0 Å². The maximum atomic E-state index is 5.94. The molecule has 0 aromatic heterocycles. The number of ether oxygens (including phenoxy) is 2.